The van der Waals surface area contributed by atoms with Crippen molar-refractivity contribution < 1.29 is 18.9 Å². The van der Waals surface area contributed by atoms with Gasteiger partial charge in [0, 0.05) is 11.6 Å². The van der Waals surface area contributed by atoms with E-state index in [9.17, 15) is 9.59 Å². The molecule has 0 aliphatic heterocycles. The average Bonchev–Trinajstić information content (AvgIpc) is 2.66. The molecule has 0 unspecified atom stereocenters. The van der Waals surface area contributed by atoms with Crippen molar-refractivity contribution in [3.63, 3.8) is 0 Å². The molecule has 0 spiro atoms. The number of aromatic nitrogens is 1. The summed E-state index contributed by atoms with van der Waals surface area (Å²) in [5, 5.41) is 10.2. The topological polar surface area (TPSA) is 71.0 Å². The maximum Gasteiger partial charge on any atom is 0.405 e. The second kappa shape index (κ2) is 7.37. The number of hydrogen-bond acceptors (Lipinski definition) is 4. The van der Waals surface area contributed by atoms with Gasteiger partial charge in [-0.1, -0.05) is 48.5 Å². The van der Waals surface area contributed by atoms with Crippen LogP contribution in [-0.2, 0) is 11.3 Å². The number of carbonyl (C=O) groups excluding carboxylic acids is 2. The first-order valence-electron chi connectivity index (χ1n) is 7.74. The lowest BCUT2D eigenvalue weighted by Gasteiger charge is -2.06. The third kappa shape index (κ3) is 3.54. The van der Waals surface area contributed by atoms with Crippen molar-refractivity contribution >= 4 is 22.5 Å². The third-order valence-corrected chi connectivity index (χ3v) is 3.81. The maximum atomic E-state index is 12.5. The molecule has 0 radical (unpaired) electrons. The Morgan fingerprint density at radius 2 is 1.72 bits per heavy atom. The number of esters is 1. The zero-order valence-electron chi connectivity index (χ0n) is 13.4. The van der Waals surface area contributed by atoms with E-state index in [1.165, 1.54) is 0 Å². The molecule has 0 saturated heterocycles. The minimum Gasteiger partial charge on any atom is -0.442 e. The highest BCUT2D eigenvalue weighted by molar-refractivity contribution is 6.01. The van der Waals surface area contributed by atoms with Gasteiger partial charge < -0.3 is 4.74 Å². The number of pyridine rings is 1. The molecular weight excluding hydrogens is 316 g/mol. The summed E-state index contributed by atoms with van der Waals surface area (Å²) in [6.45, 7) is -0.333. The van der Waals surface area contributed by atoms with Crippen LogP contribution in [0.15, 0.2) is 66.9 Å². The van der Waals surface area contributed by atoms with Crippen LogP contribution in [0.1, 0.15) is 20.8 Å². The van der Waals surface area contributed by atoms with Gasteiger partial charge in [-0.05, 0) is 11.5 Å². The molecular formula is C20H15N2O3+. The van der Waals surface area contributed by atoms with Crippen molar-refractivity contribution in [1.82, 2.24) is 0 Å². The van der Waals surface area contributed by atoms with Gasteiger partial charge in [-0.3, -0.25) is 4.79 Å². The lowest BCUT2D eigenvalue weighted by Crippen LogP contribution is -2.44. The normalized spacial score (nSPS) is 10.2. The van der Waals surface area contributed by atoms with Crippen LogP contribution >= 0.6 is 0 Å². The van der Waals surface area contributed by atoms with Crippen molar-refractivity contribution in [2.75, 3.05) is 6.61 Å². The molecule has 25 heavy (non-hydrogen) atoms. The Hall–Kier alpha value is -3.52. The fraction of sp³-hybridized carbons (Fsp3) is 0.100. The van der Waals surface area contributed by atoms with Crippen molar-refractivity contribution in [2.24, 2.45) is 0 Å². The van der Waals surface area contributed by atoms with E-state index >= 15 is 0 Å². The van der Waals surface area contributed by atoms with Gasteiger partial charge in [0.05, 0.1) is 5.39 Å². The molecule has 0 N–H and O–H groups in total. The molecule has 5 heteroatoms. The number of benzene rings is 2. The zero-order chi connectivity index (χ0) is 17.6. The van der Waals surface area contributed by atoms with Crippen LogP contribution in [0.25, 0.3) is 10.8 Å². The molecule has 0 bridgehead atoms. The number of nitrogens with zero attached hydrogens (tertiary/aromatic N) is 2. The summed E-state index contributed by atoms with van der Waals surface area (Å²) in [4.78, 5) is 25.0. The van der Waals surface area contributed by atoms with Crippen LogP contribution in [-0.4, -0.2) is 18.4 Å². The van der Waals surface area contributed by atoms with Gasteiger partial charge in [-0.2, -0.15) is 9.83 Å². The Labute approximate surface area is 144 Å². The first kappa shape index (κ1) is 16.3. The molecule has 0 amide bonds. The van der Waals surface area contributed by atoms with Crippen LogP contribution in [0.4, 0.5) is 0 Å². The number of rotatable bonds is 5. The second-order valence-electron chi connectivity index (χ2n) is 5.40. The summed E-state index contributed by atoms with van der Waals surface area (Å²) in [6, 6.07) is 19.9. The second-order valence-corrected chi connectivity index (χ2v) is 5.40. The van der Waals surface area contributed by atoms with E-state index in [1.807, 2.05) is 30.3 Å². The zero-order valence-corrected chi connectivity index (χ0v) is 13.4. The monoisotopic (exact) mass is 331 g/mol. The fourth-order valence-electron chi connectivity index (χ4n) is 2.65. The van der Waals surface area contributed by atoms with E-state index in [1.54, 1.807) is 47.2 Å². The molecule has 2 aromatic carbocycles. The molecule has 0 fully saturated rings. The Bertz CT molecular complexity index is 975. The van der Waals surface area contributed by atoms with Crippen LogP contribution in [0, 0.1) is 11.3 Å². The largest absolute Gasteiger partial charge is 0.442 e. The molecule has 1 heterocycles. The number of nitriles is 1. The standard InChI is InChI=1S/C20H15N2O3/c21-11-13-25-20(24)19-17-9-5-4-6-15(17)10-12-22(19)14-18(23)16-7-2-1-3-8-16/h1-10,12H,13-14H2/q+1. The summed E-state index contributed by atoms with van der Waals surface area (Å²) >= 11 is 0. The first-order chi connectivity index (χ1) is 12.2. The molecule has 3 rings (SSSR count). The van der Waals surface area contributed by atoms with Gasteiger partial charge in [-0.25, -0.2) is 4.79 Å². The highest BCUT2D eigenvalue weighted by atomic mass is 16.5. The minimum atomic E-state index is -0.626. The van der Waals surface area contributed by atoms with Crippen molar-refractivity contribution in [3.05, 3.63) is 78.1 Å². The van der Waals surface area contributed by atoms with Gasteiger partial charge in [0.1, 0.15) is 6.07 Å². The quantitative estimate of drug-likeness (QED) is 0.409. The molecule has 0 aliphatic carbocycles. The predicted octanol–water partition coefficient (Wildman–Crippen LogP) is 2.69. The van der Waals surface area contributed by atoms with Crippen molar-refractivity contribution in [3.8, 4) is 6.07 Å². The third-order valence-electron chi connectivity index (χ3n) is 3.81. The SMILES string of the molecule is N#CCOC(=O)c1c2ccccc2cc[n+]1CC(=O)c1ccccc1. The maximum absolute atomic E-state index is 12.5. The van der Waals surface area contributed by atoms with Crippen molar-refractivity contribution in [1.29, 1.82) is 5.26 Å². The number of hydrogen-bond donors (Lipinski definition) is 0. The molecule has 3 aromatic rings. The number of ketones is 1. The van der Waals surface area contributed by atoms with Gasteiger partial charge in [0.2, 0.25) is 12.3 Å². The van der Waals surface area contributed by atoms with E-state index < -0.39 is 5.97 Å². The van der Waals surface area contributed by atoms with Gasteiger partial charge in [0.25, 0.3) is 5.69 Å². The van der Waals surface area contributed by atoms with Gasteiger partial charge in [-0.15, -0.1) is 0 Å². The summed E-state index contributed by atoms with van der Waals surface area (Å²) in [5.41, 5.74) is 0.831. The molecule has 0 saturated carbocycles. The lowest BCUT2D eigenvalue weighted by molar-refractivity contribution is -0.684. The molecule has 0 aliphatic rings. The van der Waals surface area contributed by atoms with Crippen LogP contribution in [0.3, 0.4) is 0 Å². The Morgan fingerprint density at radius 1 is 1.00 bits per heavy atom. The first-order valence-corrected chi connectivity index (χ1v) is 7.74. The smallest absolute Gasteiger partial charge is 0.405 e. The number of Topliss-reactive ketones (excluding diaryl/α,β-unsaturated/α-hetero) is 1. The number of ether oxygens (including phenoxy) is 1. The predicted molar refractivity (Wildman–Crippen MR) is 90.8 cm³/mol. The fourth-order valence-corrected chi connectivity index (χ4v) is 2.65. The van der Waals surface area contributed by atoms with Crippen LogP contribution in [0.5, 0.6) is 0 Å². The average molecular weight is 331 g/mol. The highest BCUT2D eigenvalue weighted by Gasteiger charge is 2.26. The van der Waals surface area contributed by atoms with E-state index in [4.69, 9.17) is 10.00 Å². The van der Waals surface area contributed by atoms with E-state index in [0.29, 0.717) is 10.9 Å². The Morgan fingerprint density at radius 3 is 2.48 bits per heavy atom. The summed E-state index contributed by atoms with van der Waals surface area (Å²) in [7, 11) is 0. The number of fused-ring (bicyclic) bond motifs is 1. The number of carbonyl (C=O) groups is 2. The molecule has 5 nitrogen and oxygen atoms in total. The van der Waals surface area contributed by atoms with Crippen LogP contribution < -0.4 is 4.57 Å². The van der Waals surface area contributed by atoms with E-state index in [2.05, 4.69) is 0 Å². The molecule has 1 aromatic heterocycles. The van der Waals surface area contributed by atoms with E-state index in [-0.39, 0.29) is 24.6 Å². The van der Waals surface area contributed by atoms with Crippen molar-refractivity contribution in [2.45, 2.75) is 6.54 Å². The summed E-state index contributed by atoms with van der Waals surface area (Å²) in [5.74, 6) is -0.741. The molecule has 0 atom stereocenters. The Kier molecular flexibility index (Phi) is 4.82. The molecule has 122 valence electrons. The van der Waals surface area contributed by atoms with E-state index in [0.717, 1.165) is 5.39 Å². The Balaban J connectivity index is 2.03. The van der Waals surface area contributed by atoms with Gasteiger partial charge >= 0.3 is 5.97 Å². The lowest BCUT2D eigenvalue weighted by atomic mass is 10.1. The highest BCUT2D eigenvalue weighted by Crippen LogP contribution is 2.16. The summed E-state index contributed by atoms with van der Waals surface area (Å²) in [6.07, 6.45) is 1.69. The summed E-state index contributed by atoms with van der Waals surface area (Å²) < 4.78 is 6.55. The minimum absolute atomic E-state index is 0.00579. The van der Waals surface area contributed by atoms with Crippen LogP contribution in [0.2, 0.25) is 0 Å². The van der Waals surface area contributed by atoms with Gasteiger partial charge in [0.15, 0.2) is 12.8 Å².